The molecule has 0 saturated carbocycles. The predicted octanol–water partition coefficient (Wildman–Crippen LogP) is 1.30. The molecule has 0 spiro atoms. The molecule has 0 aliphatic carbocycles. The molecule has 0 aromatic heterocycles. The van der Waals surface area contributed by atoms with E-state index in [-0.39, 0.29) is 16.3 Å². The van der Waals surface area contributed by atoms with E-state index in [9.17, 15) is 18.5 Å². The van der Waals surface area contributed by atoms with Crippen LogP contribution in [0.25, 0.3) is 0 Å². The van der Waals surface area contributed by atoms with Crippen molar-refractivity contribution in [3.8, 4) is 0 Å². The fourth-order valence-electron chi connectivity index (χ4n) is 1.63. The first-order valence-electron chi connectivity index (χ1n) is 6.16. The second kappa shape index (κ2) is 8.17. The van der Waals surface area contributed by atoms with Gasteiger partial charge < -0.3 is 5.43 Å². The Morgan fingerprint density at radius 2 is 2.10 bits per heavy atom. The number of nitrogen functional groups attached to an aromatic ring is 1. The van der Waals surface area contributed by atoms with E-state index < -0.39 is 14.9 Å². The van der Waals surface area contributed by atoms with Crippen LogP contribution in [0.3, 0.4) is 0 Å². The molecular formula is C11H18N4O4S2. The molecule has 0 bridgehead atoms. The maximum atomic E-state index is 12.1. The van der Waals surface area contributed by atoms with Gasteiger partial charge in [-0.2, -0.15) is 11.8 Å². The first-order chi connectivity index (χ1) is 9.92. The lowest BCUT2D eigenvalue weighted by Crippen LogP contribution is -2.26. The van der Waals surface area contributed by atoms with Gasteiger partial charge in [0.05, 0.1) is 10.6 Å². The molecule has 0 radical (unpaired) electrons. The lowest BCUT2D eigenvalue weighted by molar-refractivity contribution is -0.384. The smallest absolute Gasteiger partial charge is 0.271 e. The molecule has 21 heavy (non-hydrogen) atoms. The molecule has 0 amide bonds. The lowest BCUT2D eigenvalue weighted by atomic mass is 10.3. The summed E-state index contributed by atoms with van der Waals surface area (Å²) in [5.41, 5.74) is 1.93. The molecule has 1 rings (SSSR count). The van der Waals surface area contributed by atoms with Gasteiger partial charge in [0.2, 0.25) is 10.0 Å². The van der Waals surface area contributed by atoms with E-state index in [1.165, 1.54) is 0 Å². The van der Waals surface area contributed by atoms with E-state index in [4.69, 9.17) is 5.84 Å². The van der Waals surface area contributed by atoms with Gasteiger partial charge in [-0.15, -0.1) is 0 Å². The van der Waals surface area contributed by atoms with Crippen molar-refractivity contribution in [2.24, 2.45) is 5.84 Å². The Morgan fingerprint density at radius 1 is 1.38 bits per heavy atom. The third-order valence-corrected chi connectivity index (χ3v) is 4.90. The van der Waals surface area contributed by atoms with Crippen molar-refractivity contribution in [1.29, 1.82) is 0 Å². The van der Waals surface area contributed by atoms with Crippen molar-refractivity contribution < 1.29 is 13.3 Å². The van der Waals surface area contributed by atoms with Gasteiger partial charge in [0.1, 0.15) is 4.90 Å². The Labute approximate surface area is 127 Å². The molecule has 0 aliphatic rings. The van der Waals surface area contributed by atoms with Crippen LogP contribution in [0, 0.1) is 10.1 Å². The third-order valence-electron chi connectivity index (χ3n) is 2.69. The standard InChI is InChI=1S/C11H18N4O4S2/c1-20-7-3-2-6-13-21(18,19)11-5-4-9(15(16)17)8-10(11)14-12/h4-5,8,13-14H,2-3,6-7,12H2,1H3. The zero-order chi connectivity index (χ0) is 15.9. The summed E-state index contributed by atoms with van der Waals surface area (Å²) < 4.78 is 26.7. The van der Waals surface area contributed by atoms with Crippen molar-refractivity contribution in [1.82, 2.24) is 4.72 Å². The van der Waals surface area contributed by atoms with Crippen LogP contribution in [0.1, 0.15) is 12.8 Å². The number of hydrogen-bond acceptors (Lipinski definition) is 7. The van der Waals surface area contributed by atoms with Crippen molar-refractivity contribution in [2.45, 2.75) is 17.7 Å². The van der Waals surface area contributed by atoms with E-state index in [0.29, 0.717) is 6.54 Å². The minimum absolute atomic E-state index is 0.0131. The van der Waals surface area contributed by atoms with Crippen LogP contribution >= 0.6 is 11.8 Å². The molecule has 0 fully saturated rings. The zero-order valence-electron chi connectivity index (χ0n) is 11.5. The fraction of sp³-hybridized carbons (Fsp3) is 0.455. The molecule has 10 heteroatoms. The van der Waals surface area contributed by atoms with Gasteiger partial charge in [-0.1, -0.05) is 0 Å². The van der Waals surface area contributed by atoms with E-state index in [0.717, 1.165) is 36.8 Å². The minimum atomic E-state index is -3.75. The number of nitrogens with zero attached hydrogens (tertiary/aromatic N) is 1. The molecule has 0 atom stereocenters. The highest BCUT2D eigenvalue weighted by molar-refractivity contribution is 7.98. The van der Waals surface area contributed by atoms with Gasteiger partial charge in [0, 0.05) is 18.7 Å². The average molecular weight is 334 g/mol. The normalized spacial score (nSPS) is 11.3. The van der Waals surface area contributed by atoms with E-state index in [1.54, 1.807) is 11.8 Å². The third kappa shape index (κ3) is 5.16. The number of nitrogens with one attached hydrogen (secondary N) is 2. The van der Waals surface area contributed by atoms with Crippen molar-refractivity contribution in [3.63, 3.8) is 0 Å². The number of rotatable bonds is 9. The van der Waals surface area contributed by atoms with E-state index >= 15 is 0 Å². The maximum absolute atomic E-state index is 12.1. The summed E-state index contributed by atoms with van der Waals surface area (Å²) in [5, 5.41) is 10.7. The number of non-ortho nitro benzene ring substituents is 1. The quantitative estimate of drug-likeness (QED) is 0.269. The predicted molar refractivity (Wildman–Crippen MR) is 83.7 cm³/mol. The van der Waals surface area contributed by atoms with Gasteiger partial charge in [-0.05, 0) is 30.9 Å². The number of anilines is 1. The SMILES string of the molecule is CSCCCCNS(=O)(=O)c1ccc([N+](=O)[O-])cc1NN. The highest BCUT2D eigenvalue weighted by Crippen LogP contribution is 2.25. The summed E-state index contributed by atoms with van der Waals surface area (Å²) in [4.78, 5) is 9.94. The number of nitro groups is 1. The van der Waals surface area contributed by atoms with Crippen LogP contribution in [0.2, 0.25) is 0 Å². The van der Waals surface area contributed by atoms with Crippen LogP contribution in [-0.4, -0.2) is 31.9 Å². The Morgan fingerprint density at radius 3 is 2.67 bits per heavy atom. The van der Waals surface area contributed by atoms with Crippen LogP contribution in [0.15, 0.2) is 23.1 Å². The van der Waals surface area contributed by atoms with Crippen LogP contribution in [0.4, 0.5) is 11.4 Å². The summed E-state index contributed by atoms with van der Waals surface area (Å²) in [6.07, 6.45) is 3.62. The maximum Gasteiger partial charge on any atom is 0.271 e. The second-order valence-corrected chi connectivity index (χ2v) is 6.90. The molecule has 1 aromatic rings. The first kappa shape index (κ1) is 17.7. The highest BCUT2D eigenvalue weighted by Gasteiger charge is 2.20. The number of thioether (sulfide) groups is 1. The van der Waals surface area contributed by atoms with Crippen LogP contribution in [-0.2, 0) is 10.0 Å². The Kier molecular flexibility index (Phi) is 6.89. The Bertz CT molecular complexity index is 592. The van der Waals surface area contributed by atoms with Crippen LogP contribution < -0.4 is 16.0 Å². The molecule has 0 aliphatic heterocycles. The second-order valence-electron chi connectivity index (χ2n) is 4.18. The first-order valence-corrected chi connectivity index (χ1v) is 9.03. The van der Waals surface area contributed by atoms with Crippen molar-refractivity contribution in [2.75, 3.05) is 24.0 Å². The zero-order valence-corrected chi connectivity index (χ0v) is 13.2. The van der Waals surface area contributed by atoms with E-state index in [2.05, 4.69) is 10.1 Å². The van der Waals surface area contributed by atoms with Gasteiger partial charge in [0.15, 0.2) is 0 Å². The van der Waals surface area contributed by atoms with Gasteiger partial charge in [-0.3, -0.25) is 16.0 Å². The fourth-order valence-corrected chi connectivity index (χ4v) is 3.35. The summed E-state index contributed by atoms with van der Waals surface area (Å²) in [6, 6.07) is 3.38. The Hall–Kier alpha value is -1.36. The molecule has 8 nitrogen and oxygen atoms in total. The lowest BCUT2D eigenvalue weighted by Gasteiger charge is -2.10. The van der Waals surface area contributed by atoms with Gasteiger partial charge in [-0.25, -0.2) is 13.1 Å². The monoisotopic (exact) mass is 334 g/mol. The Balaban J connectivity index is 2.85. The van der Waals surface area contributed by atoms with Gasteiger partial charge in [0.25, 0.3) is 5.69 Å². The molecule has 0 unspecified atom stereocenters. The number of sulfonamides is 1. The van der Waals surface area contributed by atoms with Crippen LogP contribution in [0.5, 0.6) is 0 Å². The number of benzene rings is 1. The van der Waals surface area contributed by atoms with E-state index in [1.807, 2.05) is 6.26 Å². The molecule has 0 heterocycles. The highest BCUT2D eigenvalue weighted by atomic mass is 32.2. The topological polar surface area (TPSA) is 127 Å². The molecular weight excluding hydrogens is 316 g/mol. The van der Waals surface area contributed by atoms with Crippen molar-refractivity contribution in [3.05, 3.63) is 28.3 Å². The number of hydrazine groups is 1. The summed E-state index contributed by atoms with van der Waals surface area (Å²) in [5.74, 6) is 6.21. The molecule has 118 valence electrons. The summed E-state index contributed by atoms with van der Waals surface area (Å²) >= 11 is 1.70. The number of unbranched alkanes of at least 4 members (excludes halogenated alkanes) is 1. The summed E-state index contributed by atoms with van der Waals surface area (Å²) in [7, 11) is -3.75. The molecule has 0 saturated heterocycles. The minimum Gasteiger partial charge on any atom is -0.323 e. The van der Waals surface area contributed by atoms with Crippen molar-refractivity contribution >= 4 is 33.2 Å². The molecule has 4 N–H and O–H groups in total. The average Bonchev–Trinajstić information content (AvgIpc) is 2.46. The number of nitrogens with two attached hydrogens (primary N) is 1. The molecule has 1 aromatic carbocycles. The number of hydrogen-bond donors (Lipinski definition) is 3. The summed E-state index contributed by atoms with van der Waals surface area (Å²) in [6.45, 7) is 0.309. The van der Waals surface area contributed by atoms with Gasteiger partial charge >= 0.3 is 0 Å². The number of nitro benzene ring substituents is 1. The largest absolute Gasteiger partial charge is 0.323 e.